The Morgan fingerprint density at radius 2 is 2.23 bits per heavy atom. The fourth-order valence-corrected chi connectivity index (χ4v) is 2.73. The summed E-state index contributed by atoms with van der Waals surface area (Å²) in [5.74, 6) is 1.92. The smallest absolute Gasteiger partial charge is 0.246 e. The Labute approximate surface area is 168 Å². The van der Waals surface area contributed by atoms with Crippen LogP contribution in [-0.2, 0) is 18.3 Å². The number of nitrogens with zero attached hydrogens (tertiary/aromatic N) is 7. The van der Waals surface area contributed by atoms with Gasteiger partial charge in [-0.1, -0.05) is 5.16 Å². The van der Waals surface area contributed by atoms with Crippen LogP contribution in [0.5, 0.6) is 0 Å². The molecule has 1 fully saturated rings. The maximum absolute atomic E-state index is 12.5. The van der Waals surface area contributed by atoms with E-state index in [1.54, 1.807) is 29.7 Å². The van der Waals surface area contributed by atoms with E-state index < -0.39 is 0 Å². The van der Waals surface area contributed by atoms with Gasteiger partial charge in [-0.3, -0.25) is 14.5 Å². The van der Waals surface area contributed by atoms with Crippen LogP contribution in [0.1, 0.15) is 11.7 Å². The minimum Gasteiger partial charge on any atom is -0.356 e. The van der Waals surface area contributed by atoms with Crippen molar-refractivity contribution >= 4 is 41.5 Å². The summed E-state index contributed by atoms with van der Waals surface area (Å²) in [7, 11) is 3.54. The molecule has 0 saturated carbocycles. The second-order valence-electron chi connectivity index (χ2n) is 5.80. The lowest BCUT2D eigenvalue weighted by Gasteiger charge is -2.35. The van der Waals surface area contributed by atoms with Gasteiger partial charge in [0, 0.05) is 46.3 Å². The van der Waals surface area contributed by atoms with Gasteiger partial charge in [-0.25, -0.2) is 0 Å². The van der Waals surface area contributed by atoms with Crippen molar-refractivity contribution < 1.29 is 9.32 Å². The average molecular weight is 474 g/mol. The molecule has 3 rings (SSSR count). The molecule has 0 bridgehead atoms. The molecular weight excluding hydrogens is 451 g/mol. The molecule has 1 N–H and O–H groups in total. The van der Waals surface area contributed by atoms with Gasteiger partial charge in [0.2, 0.25) is 11.8 Å². The molecule has 2 aromatic heterocycles. The highest BCUT2D eigenvalue weighted by Gasteiger charge is 2.27. The Morgan fingerprint density at radius 3 is 2.81 bits per heavy atom. The molecular formula is C15H23IN8O2. The van der Waals surface area contributed by atoms with Gasteiger partial charge in [-0.05, 0) is 6.92 Å². The molecule has 1 aliphatic heterocycles. The van der Waals surface area contributed by atoms with Crippen molar-refractivity contribution in [2.75, 3.05) is 38.1 Å². The number of nitrogens with one attached hydrogen (secondary N) is 1. The summed E-state index contributed by atoms with van der Waals surface area (Å²) in [6, 6.07) is 0. The van der Waals surface area contributed by atoms with Crippen molar-refractivity contribution in [3.8, 4) is 0 Å². The first-order chi connectivity index (χ1) is 12.1. The topological polar surface area (TPSA) is 105 Å². The van der Waals surface area contributed by atoms with Gasteiger partial charge in [0.05, 0.1) is 11.9 Å². The molecule has 0 aliphatic carbocycles. The quantitative estimate of drug-likeness (QED) is 0.384. The van der Waals surface area contributed by atoms with Gasteiger partial charge >= 0.3 is 0 Å². The molecule has 142 valence electrons. The zero-order chi connectivity index (χ0) is 17.8. The van der Waals surface area contributed by atoms with E-state index >= 15 is 0 Å². The van der Waals surface area contributed by atoms with Crippen LogP contribution in [0, 0.1) is 6.92 Å². The Balaban J connectivity index is 0.00000243. The Bertz CT molecular complexity index is 771. The number of guanidine groups is 1. The van der Waals surface area contributed by atoms with E-state index in [1.165, 1.54) is 0 Å². The summed E-state index contributed by atoms with van der Waals surface area (Å²) >= 11 is 0. The highest BCUT2D eigenvalue weighted by atomic mass is 127. The Morgan fingerprint density at radius 1 is 1.42 bits per heavy atom. The van der Waals surface area contributed by atoms with Crippen molar-refractivity contribution in [3.05, 3.63) is 24.1 Å². The lowest BCUT2D eigenvalue weighted by molar-refractivity contribution is -0.120. The van der Waals surface area contributed by atoms with Gasteiger partial charge in [-0.2, -0.15) is 10.1 Å². The number of piperazine rings is 1. The number of halogens is 1. The van der Waals surface area contributed by atoms with Crippen LogP contribution in [0.15, 0.2) is 21.9 Å². The summed E-state index contributed by atoms with van der Waals surface area (Å²) < 4.78 is 6.77. The molecule has 26 heavy (non-hydrogen) atoms. The second kappa shape index (κ2) is 8.96. The molecule has 1 amide bonds. The van der Waals surface area contributed by atoms with E-state index in [1.807, 2.05) is 18.1 Å². The molecule has 3 heterocycles. The van der Waals surface area contributed by atoms with E-state index in [4.69, 9.17) is 4.52 Å². The summed E-state index contributed by atoms with van der Waals surface area (Å²) in [4.78, 5) is 24.6. The maximum Gasteiger partial charge on any atom is 0.246 e. The SMILES string of the molecule is CN=C(NCCc1nc(C)no1)N1CCN(c2cnn(C)c2)C(=O)C1.I. The van der Waals surface area contributed by atoms with Crippen molar-refractivity contribution in [1.82, 2.24) is 30.1 Å². The van der Waals surface area contributed by atoms with Gasteiger partial charge in [0.25, 0.3) is 0 Å². The van der Waals surface area contributed by atoms with Crippen LogP contribution in [0.4, 0.5) is 5.69 Å². The number of carbonyl (C=O) groups is 1. The van der Waals surface area contributed by atoms with E-state index in [0.29, 0.717) is 43.7 Å². The largest absolute Gasteiger partial charge is 0.356 e. The Kier molecular flexibility index (Phi) is 6.94. The van der Waals surface area contributed by atoms with Crippen LogP contribution in [0.2, 0.25) is 0 Å². The molecule has 0 spiro atoms. The van der Waals surface area contributed by atoms with Crippen LogP contribution in [-0.4, -0.2) is 69.9 Å². The predicted octanol–water partition coefficient (Wildman–Crippen LogP) is 0.196. The van der Waals surface area contributed by atoms with E-state index in [9.17, 15) is 4.79 Å². The summed E-state index contributed by atoms with van der Waals surface area (Å²) in [6.45, 7) is 3.94. The zero-order valence-corrected chi connectivity index (χ0v) is 17.4. The first kappa shape index (κ1) is 20.1. The first-order valence-corrected chi connectivity index (χ1v) is 8.10. The zero-order valence-electron chi connectivity index (χ0n) is 15.0. The van der Waals surface area contributed by atoms with Crippen molar-refractivity contribution in [1.29, 1.82) is 0 Å². The molecule has 1 saturated heterocycles. The standard InChI is InChI=1S/C15H22N8O2.HI/c1-11-19-13(25-20-11)4-5-17-15(16-2)22-6-7-23(14(24)10-22)12-8-18-21(3)9-12;/h8-9H,4-7,10H2,1-3H3,(H,16,17);1H. The van der Waals surface area contributed by atoms with E-state index in [2.05, 4.69) is 25.5 Å². The number of aromatic nitrogens is 4. The van der Waals surface area contributed by atoms with Crippen molar-refractivity contribution in [2.24, 2.45) is 12.0 Å². The second-order valence-corrected chi connectivity index (χ2v) is 5.80. The normalized spacial score (nSPS) is 15.2. The number of aryl methyl sites for hydroxylation is 2. The van der Waals surface area contributed by atoms with E-state index in [0.717, 1.165) is 5.69 Å². The highest BCUT2D eigenvalue weighted by molar-refractivity contribution is 14.0. The molecule has 1 aliphatic rings. The van der Waals surface area contributed by atoms with Crippen LogP contribution < -0.4 is 10.2 Å². The number of rotatable bonds is 4. The predicted molar refractivity (Wildman–Crippen MR) is 107 cm³/mol. The number of hydrogen-bond donors (Lipinski definition) is 1. The lowest BCUT2D eigenvalue weighted by Crippen LogP contribution is -2.55. The fraction of sp³-hybridized carbons (Fsp3) is 0.533. The fourth-order valence-electron chi connectivity index (χ4n) is 2.73. The molecule has 0 atom stereocenters. The number of amides is 1. The lowest BCUT2D eigenvalue weighted by atomic mass is 10.3. The van der Waals surface area contributed by atoms with Gasteiger partial charge in [-0.15, -0.1) is 24.0 Å². The summed E-state index contributed by atoms with van der Waals surface area (Å²) in [6.07, 6.45) is 4.14. The average Bonchev–Trinajstić information content (AvgIpc) is 3.20. The molecule has 0 radical (unpaired) electrons. The van der Waals surface area contributed by atoms with Crippen molar-refractivity contribution in [2.45, 2.75) is 13.3 Å². The Hall–Kier alpha value is -2.18. The first-order valence-electron chi connectivity index (χ1n) is 8.10. The third-order valence-electron chi connectivity index (χ3n) is 3.93. The van der Waals surface area contributed by atoms with Crippen LogP contribution in [0.3, 0.4) is 0 Å². The highest BCUT2D eigenvalue weighted by Crippen LogP contribution is 2.16. The number of hydrogen-bond acceptors (Lipinski definition) is 6. The molecule has 0 unspecified atom stereocenters. The minimum absolute atomic E-state index is 0. The monoisotopic (exact) mass is 474 g/mol. The number of aliphatic imine (C=N–C) groups is 1. The molecule has 11 heteroatoms. The van der Waals surface area contributed by atoms with Crippen LogP contribution >= 0.6 is 24.0 Å². The third-order valence-corrected chi connectivity index (χ3v) is 3.93. The number of carbonyl (C=O) groups excluding carboxylic acids is 1. The molecule has 0 aromatic carbocycles. The van der Waals surface area contributed by atoms with Gasteiger partial charge in [0.1, 0.15) is 6.54 Å². The maximum atomic E-state index is 12.5. The molecule has 10 nitrogen and oxygen atoms in total. The summed E-state index contributed by atoms with van der Waals surface area (Å²) in [5, 5.41) is 11.1. The number of anilines is 1. The van der Waals surface area contributed by atoms with Crippen LogP contribution in [0.25, 0.3) is 0 Å². The minimum atomic E-state index is 0. The molecule has 2 aromatic rings. The van der Waals surface area contributed by atoms with E-state index in [-0.39, 0.29) is 36.4 Å². The van der Waals surface area contributed by atoms with Crippen molar-refractivity contribution in [3.63, 3.8) is 0 Å². The van der Waals surface area contributed by atoms with Gasteiger partial charge < -0.3 is 19.6 Å². The van der Waals surface area contributed by atoms with Gasteiger partial charge in [0.15, 0.2) is 11.8 Å². The summed E-state index contributed by atoms with van der Waals surface area (Å²) in [5.41, 5.74) is 0.821. The third kappa shape index (κ3) is 4.71.